The van der Waals surface area contributed by atoms with Crippen molar-refractivity contribution >= 4 is 5.91 Å². The van der Waals surface area contributed by atoms with E-state index in [1.165, 1.54) is 5.56 Å². The van der Waals surface area contributed by atoms with Crippen molar-refractivity contribution in [2.24, 2.45) is 13.0 Å². The van der Waals surface area contributed by atoms with Crippen molar-refractivity contribution < 1.29 is 4.79 Å². The van der Waals surface area contributed by atoms with Gasteiger partial charge in [-0.05, 0) is 30.4 Å². The highest BCUT2D eigenvalue weighted by atomic mass is 16.1. The molecule has 0 fully saturated rings. The molecule has 23 heavy (non-hydrogen) atoms. The third-order valence-electron chi connectivity index (χ3n) is 4.31. The molecule has 2 rings (SSSR count). The topological polar surface area (TPSA) is 46.9 Å². The van der Waals surface area contributed by atoms with Crippen LogP contribution in [0.4, 0.5) is 0 Å². The lowest BCUT2D eigenvalue weighted by molar-refractivity contribution is 0.0925. The summed E-state index contributed by atoms with van der Waals surface area (Å²) in [6.45, 7) is 8.34. The van der Waals surface area contributed by atoms with Gasteiger partial charge in [0.05, 0.1) is 17.8 Å². The molecule has 1 N–H and O–H groups in total. The maximum Gasteiger partial charge on any atom is 0.255 e. The summed E-state index contributed by atoms with van der Waals surface area (Å²) in [4.78, 5) is 12.6. The number of amides is 1. The molecule has 0 bridgehead atoms. The van der Waals surface area contributed by atoms with Gasteiger partial charge >= 0.3 is 0 Å². The summed E-state index contributed by atoms with van der Waals surface area (Å²) < 4.78 is 1.72. The van der Waals surface area contributed by atoms with Gasteiger partial charge in [-0.1, -0.05) is 51.5 Å². The number of nitrogens with one attached hydrogen (secondary N) is 1. The van der Waals surface area contributed by atoms with Crippen LogP contribution in [0.25, 0.3) is 0 Å². The standard InChI is InChI=1S/C19H27N3O/c1-6-7-15-8-10-16(11-9-15)18(13(2)3)21-19(23)17-12-20-22(5)14(17)4/h8-13,18H,6-7H2,1-5H3,(H,21,23)/t18-/m0/s1. The van der Waals surface area contributed by atoms with Crippen molar-refractivity contribution in [3.05, 3.63) is 52.8 Å². The van der Waals surface area contributed by atoms with E-state index in [0.29, 0.717) is 11.5 Å². The van der Waals surface area contributed by atoms with Gasteiger partial charge < -0.3 is 5.32 Å². The van der Waals surface area contributed by atoms with Crippen LogP contribution in [0.15, 0.2) is 30.5 Å². The Balaban J connectivity index is 2.18. The Labute approximate surface area is 138 Å². The Hall–Kier alpha value is -2.10. The van der Waals surface area contributed by atoms with Gasteiger partial charge in [-0.2, -0.15) is 5.10 Å². The zero-order valence-electron chi connectivity index (χ0n) is 14.8. The first-order valence-electron chi connectivity index (χ1n) is 8.32. The summed E-state index contributed by atoms with van der Waals surface area (Å²) >= 11 is 0. The predicted molar refractivity (Wildman–Crippen MR) is 93.4 cm³/mol. The summed E-state index contributed by atoms with van der Waals surface area (Å²) in [6.07, 6.45) is 3.87. The molecule has 0 radical (unpaired) electrons. The number of carbonyl (C=O) groups excluding carboxylic acids is 1. The zero-order valence-corrected chi connectivity index (χ0v) is 14.8. The first-order valence-corrected chi connectivity index (χ1v) is 8.32. The molecule has 1 heterocycles. The molecule has 0 saturated heterocycles. The molecule has 1 atom stereocenters. The number of aromatic nitrogens is 2. The molecule has 0 aliphatic carbocycles. The van der Waals surface area contributed by atoms with E-state index in [1.807, 2.05) is 14.0 Å². The van der Waals surface area contributed by atoms with Gasteiger partial charge in [0.1, 0.15) is 0 Å². The fourth-order valence-electron chi connectivity index (χ4n) is 2.76. The Morgan fingerprint density at radius 2 is 1.91 bits per heavy atom. The van der Waals surface area contributed by atoms with Crippen LogP contribution in [0.3, 0.4) is 0 Å². The van der Waals surface area contributed by atoms with Crippen LogP contribution in [-0.2, 0) is 13.5 Å². The summed E-state index contributed by atoms with van der Waals surface area (Å²) in [6, 6.07) is 8.58. The minimum absolute atomic E-state index is 0.00205. The monoisotopic (exact) mass is 313 g/mol. The highest BCUT2D eigenvalue weighted by Gasteiger charge is 2.21. The normalized spacial score (nSPS) is 12.4. The second-order valence-electron chi connectivity index (χ2n) is 6.45. The number of aryl methyl sites for hydroxylation is 2. The molecule has 1 aromatic carbocycles. The van der Waals surface area contributed by atoms with E-state index in [9.17, 15) is 4.79 Å². The lowest BCUT2D eigenvalue weighted by atomic mass is 9.94. The molecule has 0 spiro atoms. The van der Waals surface area contributed by atoms with Crippen molar-refractivity contribution in [2.45, 2.75) is 46.6 Å². The van der Waals surface area contributed by atoms with E-state index >= 15 is 0 Å². The van der Waals surface area contributed by atoms with Crippen molar-refractivity contribution in [3.63, 3.8) is 0 Å². The average molecular weight is 313 g/mol. The summed E-state index contributed by atoms with van der Waals surface area (Å²) in [5.41, 5.74) is 4.01. The number of hydrogen-bond donors (Lipinski definition) is 1. The van der Waals surface area contributed by atoms with Gasteiger partial charge in [0.15, 0.2) is 0 Å². The molecular formula is C19H27N3O. The number of nitrogens with zero attached hydrogens (tertiary/aromatic N) is 2. The van der Waals surface area contributed by atoms with Crippen LogP contribution in [0.5, 0.6) is 0 Å². The second kappa shape index (κ2) is 7.44. The Kier molecular flexibility index (Phi) is 5.59. The molecule has 0 aliphatic heterocycles. The van der Waals surface area contributed by atoms with Crippen LogP contribution in [0.2, 0.25) is 0 Å². The minimum Gasteiger partial charge on any atom is -0.345 e. The van der Waals surface area contributed by atoms with E-state index in [4.69, 9.17) is 0 Å². The average Bonchev–Trinajstić information content (AvgIpc) is 2.85. The maximum absolute atomic E-state index is 12.6. The van der Waals surface area contributed by atoms with Crippen molar-refractivity contribution in [1.82, 2.24) is 15.1 Å². The van der Waals surface area contributed by atoms with Crippen LogP contribution in [0, 0.1) is 12.8 Å². The maximum atomic E-state index is 12.6. The smallest absolute Gasteiger partial charge is 0.255 e. The minimum atomic E-state index is -0.0630. The summed E-state index contributed by atoms with van der Waals surface area (Å²) in [5.74, 6) is 0.250. The molecule has 4 nitrogen and oxygen atoms in total. The molecule has 1 amide bonds. The second-order valence-corrected chi connectivity index (χ2v) is 6.45. The summed E-state index contributed by atoms with van der Waals surface area (Å²) in [5, 5.41) is 7.31. The largest absolute Gasteiger partial charge is 0.345 e. The van der Waals surface area contributed by atoms with Gasteiger partial charge in [0.2, 0.25) is 0 Å². The van der Waals surface area contributed by atoms with E-state index in [-0.39, 0.29) is 11.9 Å². The van der Waals surface area contributed by atoms with E-state index in [0.717, 1.165) is 24.1 Å². The van der Waals surface area contributed by atoms with E-state index < -0.39 is 0 Å². The SMILES string of the molecule is CCCc1ccc([C@@H](NC(=O)c2cnn(C)c2C)C(C)C)cc1. The lowest BCUT2D eigenvalue weighted by Gasteiger charge is -2.23. The first kappa shape index (κ1) is 17.3. The number of carbonyl (C=O) groups is 1. The number of rotatable bonds is 6. The predicted octanol–water partition coefficient (Wildman–Crippen LogP) is 3.81. The van der Waals surface area contributed by atoms with Gasteiger partial charge in [0, 0.05) is 12.7 Å². The van der Waals surface area contributed by atoms with Gasteiger partial charge in [-0.15, -0.1) is 0 Å². The molecular weight excluding hydrogens is 286 g/mol. The highest BCUT2D eigenvalue weighted by Crippen LogP contribution is 2.23. The van der Waals surface area contributed by atoms with Crippen molar-refractivity contribution in [3.8, 4) is 0 Å². The van der Waals surface area contributed by atoms with Gasteiger partial charge in [0.25, 0.3) is 5.91 Å². The Morgan fingerprint density at radius 3 is 2.39 bits per heavy atom. The Morgan fingerprint density at radius 1 is 1.26 bits per heavy atom. The molecule has 4 heteroatoms. The van der Waals surface area contributed by atoms with Crippen molar-refractivity contribution in [1.29, 1.82) is 0 Å². The fraction of sp³-hybridized carbons (Fsp3) is 0.474. The van der Waals surface area contributed by atoms with Crippen LogP contribution in [-0.4, -0.2) is 15.7 Å². The third kappa shape index (κ3) is 4.01. The first-order chi connectivity index (χ1) is 10.9. The fourth-order valence-corrected chi connectivity index (χ4v) is 2.76. The van der Waals surface area contributed by atoms with Crippen LogP contribution >= 0.6 is 0 Å². The number of hydrogen-bond acceptors (Lipinski definition) is 2. The number of benzene rings is 1. The Bertz CT molecular complexity index is 656. The van der Waals surface area contributed by atoms with Gasteiger partial charge in [-0.3, -0.25) is 9.48 Å². The molecule has 0 unspecified atom stereocenters. The van der Waals surface area contributed by atoms with E-state index in [2.05, 4.69) is 55.5 Å². The lowest BCUT2D eigenvalue weighted by Crippen LogP contribution is -2.32. The van der Waals surface area contributed by atoms with E-state index in [1.54, 1.807) is 10.9 Å². The molecule has 1 aromatic heterocycles. The molecule has 124 valence electrons. The molecule has 2 aromatic rings. The van der Waals surface area contributed by atoms with Crippen LogP contribution < -0.4 is 5.32 Å². The molecule has 0 saturated carbocycles. The third-order valence-corrected chi connectivity index (χ3v) is 4.31. The zero-order chi connectivity index (χ0) is 17.0. The summed E-state index contributed by atoms with van der Waals surface area (Å²) in [7, 11) is 1.85. The van der Waals surface area contributed by atoms with Gasteiger partial charge in [-0.25, -0.2) is 0 Å². The van der Waals surface area contributed by atoms with Crippen molar-refractivity contribution in [2.75, 3.05) is 0 Å². The van der Waals surface area contributed by atoms with Crippen LogP contribution in [0.1, 0.15) is 60.4 Å². The molecule has 0 aliphatic rings. The highest BCUT2D eigenvalue weighted by molar-refractivity contribution is 5.95. The quantitative estimate of drug-likeness (QED) is 0.881.